The molecule has 1 aliphatic heterocycles. The van der Waals surface area contributed by atoms with E-state index in [1.54, 1.807) is 0 Å². The molecule has 3 fully saturated rings. The molecule has 33 heavy (non-hydrogen) atoms. The van der Waals surface area contributed by atoms with Crippen molar-refractivity contribution in [3.05, 3.63) is 35.4 Å². The molecule has 0 bridgehead atoms. The minimum absolute atomic E-state index is 0.121. The Morgan fingerprint density at radius 2 is 1.91 bits per heavy atom. The number of aldehydes is 1. The highest BCUT2D eigenvalue weighted by Gasteiger charge is 2.54. The molecule has 1 aromatic rings. The first kappa shape index (κ1) is 23.7. The summed E-state index contributed by atoms with van der Waals surface area (Å²) in [6.45, 7) is 1.97. The fourth-order valence-electron chi connectivity index (χ4n) is 4.91. The van der Waals surface area contributed by atoms with Crippen molar-refractivity contribution in [2.24, 2.45) is 11.3 Å². The van der Waals surface area contributed by atoms with Crippen molar-refractivity contribution < 1.29 is 27.9 Å². The second-order valence-electron chi connectivity index (χ2n) is 10.0. The Bertz CT molecular complexity index is 960. The first-order valence-corrected chi connectivity index (χ1v) is 11.3. The third kappa shape index (κ3) is 4.51. The van der Waals surface area contributed by atoms with Gasteiger partial charge in [0.15, 0.2) is 5.60 Å². The van der Waals surface area contributed by atoms with E-state index in [0.29, 0.717) is 26.4 Å². The average Bonchev–Trinajstić information content (AvgIpc) is 3.71. The van der Waals surface area contributed by atoms with Gasteiger partial charge >= 0.3 is 6.18 Å². The van der Waals surface area contributed by atoms with E-state index in [1.165, 1.54) is 12.1 Å². The molecule has 6 nitrogen and oxygen atoms in total. The van der Waals surface area contributed by atoms with Crippen LogP contribution in [-0.4, -0.2) is 53.0 Å². The van der Waals surface area contributed by atoms with E-state index in [0.717, 1.165) is 50.5 Å². The molecule has 1 heterocycles. The third-order valence-corrected chi connectivity index (χ3v) is 7.71. The van der Waals surface area contributed by atoms with Gasteiger partial charge in [-0.25, -0.2) is 0 Å². The number of hydrogen-bond acceptors (Lipinski definition) is 5. The zero-order chi connectivity index (χ0) is 24.1. The van der Waals surface area contributed by atoms with E-state index in [-0.39, 0.29) is 34.4 Å². The van der Waals surface area contributed by atoms with Crippen LogP contribution in [0.25, 0.3) is 0 Å². The lowest BCUT2D eigenvalue weighted by Crippen LogP contribution is -2.52. The fourth-order valence-corrected chi connectivity index (χ4v) is 4.91. The standard InChI is InChI=1S/C24H28F3N3O3/c1-21(33,24(25,26)27)17-4-2-16(3-5-17)20(32)29-23(9-10-23)18-6-11-30(19(12-18)13-31)15-22(14-28)7-8-22/h2-5,13,18-19,33H,6-12,15H2,1H3,(H,29,32). The molecule has 1 amide bonds. The number of nitrogens with zero attached hydrogens (tertiary/aromatic N) is 2. The van der Waals surface area contributed by atoms with Crippen molar-refractivity contribution in [2.45, 2.75) is 68.8 Å². The van der Waals surface area contributed by atoms with E-state index in [9.17, 15) is 33.1 Å². The van der Waals surface area contributed by atoms with Gasteiger partial charge in [-0.05, 0) is 75.6 Å². The Hall–Kier alpha value is -2.44. The number of benzene rings is 1. The fraction of sp³-hybridized carbons (Fsp3) is 0.625. The number of likely N-dealkylation sites (tertiary alicyclic amines) is 1. The molecule has 9 heteroatoms. The predicted octanol–water partition coefficient (Wildman–Crippen LogP) is 3.30. The van der Waals surface area contributed by atoms with Crippen LogP contribution in [0.1, 0.15) is 61.4 Å². The number of nitrogens with one attached hydrogen (secondary N) is 1. The largest absolute Gasteiger partial charge is 0.421 e. The Labute approximate surface area is 190 Å². The maximum Gasteiger partial charge on any atom is 0.421 e. The van der Waals surface area contributed by atoms with Crippen molar-refractivity contribution in [2.75, 3.05) is 13.1 Å². The number of hydrogen-bond donors (Lipinski definition) is 2. The molecule has 1 aromatic carbocycles. The summed E-state index contributed by atoms with van der Waals surface area (Å²) < 4.78 is 39.1. The van der Waals surface area contributed by atoms with E-state index in [4.69, 9.17) is 0 Å². The summed E-state index contributed by atoms with van der Waals surface area (Å²) in [6.07, 6.45) is 0.834. The van der Waals surface area contributed by atoms with Gasteiger partial charge in [0.25, 0.3) is 5.91 Å². The topological polar surface area (TPSA) is 93.4 Å². The highest BCUT2D eigenvalue weighted by Crippen LogP contribution is 2.50. The monoisotopic (exact) mass is 463 g/mol. The van der Waals surface area contributed by atoms with Crippen molar-refractivity contribution in [3.63, 3.8) is 0 Å². The number of aliphatic hydroxyl groups is 1. The molecule has 2 saturated carbocycles. The molecule has 0 radical (unpaired) electrons. The molecule has 2 N–H and O–H groups in total. The second-order valence-corrected chi connectivity index (χ2v) is 10.0. The molecule has 178 valence electrons. The number of carbonyl (C=O) groups excluding carboxylic acids is 2. The van der Waals surface area contributed by atoms with Gasteiger partial charge in [0.2, 0.25) is 0 Å². The molecule has 0 spiro atoms. The summed E-state index contributed by atoms with van der Waals surface area (Å²) in [6, 6.07) is 6.89. The van der Waals surface area contributed by atoms with Gasteiger partial charge < -0.3 is 15.2 Å². The Morgan fingerprint density at radius 1 is 1.27 bits per heavy atom. The molecule has 3 unspecified atom stereocenters. The van der Waals surface area contributed by atoms with E-state index in [2.05, 4.69) is 16.3 Å². The van der Waals surface area contributed by atoms with Crippen LogP contribution in [0.3, 0.4) is 0 Å². The minimum Gasteiger partial charge on any atom is -0.376 e. The average molecular weight is 464 g/mol. The molecular weight excluding hydrogens is 435 g/mol. The van der Waals surface area contributed by atoms with Crippen LogP contribution < -0.4 is 5.32 Å². The Kier molecular flexibility index (Phi) is 5.82. The molecule has 2 aliphatic carbocycles. The summed E-state index contributed by atoms with van der Waals surface area (Å²) in [5.41, 5.74) is -3.84. The Morgan fingerprint density at radius 3 is 2.39 bits per heavy atom. The van der Waals surface area contributed by atoms with E-state index in [1.807, 2.05) is 0 Å². The van der Waals surface area contributed by atoms with Gasteiger partial charge in [-0.2, -0.15) is 18.4 Å². The SMILES string of the molecule is CC(O)(c1ccc(C(=O)NC2(C3CCN(CC4(C#N)CC4)C(C=O)C3)CC2)cc1)C(F)(F)F. The van der Waals surface area contributed by atoms with Crippen LogP contribution in [0, 0.1) is 22.7 Å². The zero-order valence-corrected chi connectivity index (χ0v) is 18.5. The van der Waals surface area contributed by atoms with Crippen LogP contribution in [0.5, 0.6) is 0 Å². The smallest absolute Gasteiger partial charge is 0.376 e. The summed E-state index contributed by atoms with van der Waals surface area (Å²) in [4.78, 5) is 26.7. The van der Waals surface area contributed by atoms with Crippen molar-refractivity contribution >= 4 is 12.2 Å². The number of halogens is 3. The van der Waals surface area contributed by atoms with Gasteiger partial charge in [-0.1, -0.05) is 12.1 Å². The zero-order valence-electron chi connectivity index (χ0n) is 18.5. The van der Waals surface area contributed by atoms with Gasteiger partial charge in [0, 0.05) is 17.6 Å². The summed E-state index contributed by atoms with van der Waals surface area (Å²) in [7, 11) is 0. The summed E-state index contributed by atoms with van der Waals surface area (Å²) in [5, 5.41) is 22.2. The van der Waals surface area contributed by atoms with Gasteiger partial charge in [0.05, 0.1) is 17.5 Å². The predicted molar refractivity (Wildman–Crippen MR) is 113 cm³/mol. The van der Waals surface area contributed by atoms with Crippen LogP contribution in [0.2, 0.25) is 0 Å². The summed E-state index contributed by atoms with van der Waals surface area (Å²) >= 11 is 0. The lowest BCUT2D eigenvalue weighted by Gasteiger charge is -2.41. The molecular formula is C24H28F3N3O3. The van der Waals surface area contributed by atoms with E-state index < -0.39 is 17.3 Å². The molecule has 0 aromatic heterocycles. The lowest BCUT2D eigenvalue weighted by atomic mass is 9.83. The molecule has 3 atom stereocenters. The highest BCUT2D eigenvalue weighted by atomic mass is 19.4. The van der Waals surface area contributed by atoms with Crippen LogP contribution >= 0.6 is 0 Å². The second kappa shape index (κ2) is 8.10. The maximum atomic E-state index is 13.0. The van der Waals surface area contributed by atoms with Crippen LogP contribution in [0.4, 0.5) is 13.2 Å². The van der Waals surface area contributed by atoms with Gasteiger partial charge in [0.1, 0.15) is 6.29 Å². The lowest BCUT2D eigenvalue weighted by molar-refractivity contribution is -0.258. The van der Waals surface area contributed by atoms with Gasteiger partial charge in [-0.3, -0.25) is 9.69 Å². The minimum atomic E-state index is -4.83. The number of rotatable bonds is 7. The summed E-state index contributed by atoms with van der Waals surface area (Å²) in [5.74, 6) is -0.257. The van der Waals surface area contributed by atoms with E-state index >= 15 is 0 Å². The number of nitriles is 1. The van der Waals surface area contributed by atoms with Crippen molar-refractivity contribution in [1.29, 1.82) is 5.26 Å². The maximum absolute atomic E-state index is 13.0. The van der Waals surface area contributed by atoms with Crippen LogP contribution in [0.15, 0.2) is 24.3 Å². The molecule has 1 saturated heterocycles. The first-order valence-electron chi connectivity index (χ1n) is 11.3. The first-order chi connectivity index (χ1) is 15.5. The number of amides is 1. The number of carbonyl (C=O) groups is 2. The van der Waals surface area contributed by atoms with Crippen molar-refractivity contribution in [1.82, 2.24) is 10.2 Å². The van der Waals surface area contributed by atoms with Crippen molar-refractivity contribution in [3.8, 4) is 6.07 Å². The van der Waals surface area contributed by atoms with Gasteiger partial charge in [-0.15, -0.1) is 0 Å². The van der Waals surface area contributed by atoms with Crippen LogP contribution in [-0.2, 0) is 10.4 Å². The molecule has 4 rings (SSSR count). The third-order valence-electron chi connectivity index (χ3n) is 7.71. The quantitative estimate of drug-likeness (QED) is 0.606. The normalized spacial score (nSPS) is 27.6. The molecule has 3 aliphatic rings. The Balaban J connectivity index is 1.40. The number of piperidine rings is 1. The highest BCUT2D eigenvalue weighted by molar-refractivity contribution is 5.95. The number of alkyl halides is 3.